The Morgan fingerprint density at radius 3 is 1.25 bits per heavy atom. The number of benzene rings is 3. The van der Waals surface area contributed by atoms with Crippen molar-refractivity contribution in [1.82, 2.24) is 0 Å². The lowest BCUT2D eigenvalue weighted by Gasteiger charge is -2.17. The summed E-state index contributed by atoms with van der Waals surface area (Å²) in [6.07, 6.45) is 0. The monoisotopic (exact) mass is 482 g/mol. The molecule has 2 atom stereocenters. The van der Waals surface area contributed by atoms with Crippen LogP contribution < -0.4 is 9.47 Å². The fraction of sp³-hybridized carbons (Fsp3) is 0.200. The summed E-state index contributed by atoms with van der Waals surface area (Å²) >= 11 is 0. The van der Waals surface area contributed by atoms with Crippen LogP contribution >= 0.6 is 0 Å². The number of hydrogen-bond acceptors (Lipinski definition) is 6. The van der Waals surface area contributed by atoms with E-state index >= 15 is 0 Å². The Kier molecular flexibility index (Phi) is 9.14. The summed E-state index contributed by atoms with van der Waals surface area (Å²) in [5.41, 5.74) is 2.44. The molecule has 6 nitrogen and oxygen atoms in total. The van der Waals surface area contributed by atoms with Gasteiger partial charge in [0.15, 0.2) is 0 Å². The zero-order valence-corrected chi connectivity index (χ0v) is 20.5. The molecule has 0 heterocycles. The normalized spacial score (nSPS) is 11.4. The summed E-state index contributed by atoms with van der Waals surface area (Å²) in [5, 5.41) is 0. The van der Waals surface area contributed by atoms with Crippen LogP contribution in [0.1, 0.15) is 34.1 Å². The van der Waals surface area contributed by atoms with Crippen LogP contribution in [0, 0.1) is 23.7 Å². The number of esters is 2. The van der Waals surface area contributed by atoms with E-state index in [1.54, 1.807) is 87.0 Å². The van der Waals surface area contributed by atoms with Crippen molar-refractivity contribution in [1.29, 1.82) is 0 Å². The standard InChI is InChI=1S/C30H26O6/c1-33-23-15-9-21(10-16-23)13-19-27(29(31)35-3)25-7-5-6-8-26(25)28(30(32)36-4)20-14-22-11-17-24(34-2)18-12-22/h5-12,15-18,27-28H,1-4H3. The second-order valence-corrected chi connectivity index (χ2v) is 7.54. The van der Waals surface area contributed by atoms with Gasteiger partial charge in [0.25, 0.3) is 0 Å². The van der Waals surface area contributed by atoms with Crippen molar-refractivity contribution >= 4 is 11.9 Å². The maximum Gasteiger partial charge on any atom is 0.325 e. The highest BCUT2D eigenvalue weighted by atomic mass is 16.5. The third-order valence-electron chi connectivity index (χ3n) is 5.39. The van der Waals surface area contributed by atoms with Gasteiger partial charge in [-0.3, -0.25) is 9.59 Å². The molecule has 0 amide bonds. The largest absolute Gasteiger partial charge is 0.497 e. The lowest BCUT2D eigenvalue weighted by Crippen LogP contribution is -2.19. The second kappa shape index (κ2) is 12.7. The molecular formula is C30H26O6. The van der Waals surface area contributed by atoms with E-state index in [-0.39, 0.29) is 0 Å². The van der Waals surface area contributed by atoms with Gasteiger partial charge in [0, 0.05) is 11.1 Å². The fourth-order valence-electron chi connectivity index (χ4n) is 3.46. The summed E-state index contributed by atoms with van der Waals surface area (Å²) in [6.45, 7) is 0. The zero-order chi connectivity index (χ0) is 25.9. The molecule has 3 aromatic rings. The van der Waals surface area contributed by atoms with Crippen LogP contribution in [0.5, 0.6) is 11.5 Å². The van der Waals surface area contributed by atoms with Crippen molar-refractivity contribution < 1.29 is 28.5 Å². The molecule has 0 aliphatic heterocycles. The lowest BCUT2D eigenvalue weighted by molar-refractivity contribution is -0.142. The van der Waals surface area contributed by atoms with E-state index in [1.165, 1.54) is 14.2 Å². The molecule has 0 aliphatic rings. The first kappa shape index (κ1) is 25.9. The average molecular weight is 483 g/mol. The maximum atomic E-state index is 12.8. The number of carbonyl (C=O) groups excluding carboxylic acids is 2. The van der Waals surface area contributed by atoms with Crippen LogP contribution in [0.3, 0.4) is 0 Å². The van der Waals surface area contributed by atoms with Crippen molar-refractivity contribution in [2.24, 2.45) is 0 Å². The average Bonchev–Trinajstić information content (AvgIpc) is 2.94. The highest BCUT2D eigenvalue weighted by molar-refractivity contribution is 5.86. The molecule has 3 aromatic carbocycles. The highest BCUT2D eigenvalue weighted by Crippen LogP contribution is 2.28. The van der Waals surface area contributed by atoms with Crippen molar-refractivity contribution in [2.45, 2.75) is 11.8 Å². The molecule has 0 radical (unpaired) electrons. The number of methoxy groups -OCH3 is 4. The molecule has 2 unspecified atom stereocenters. The third-order valence-corrected chi connectivity index (χ3v) is 5.39. The molecule has 0 aliphatic carbocycles. The van der Waals surface area contributed by atoms with Crippen molar-refractivity contribution in [2.75, 3.05) is 28.4 Å². The van der Waals surface area contributed by atoms with Crippen LogP contribution in [0.15, 0.2) is 72.8 Å². The van der Waals surface area contributed by atoms with E-state index in [9.17, 15) is 9.59 Å². The lowest BCUT2D eigenvalue weighted by atomic mass is 9.87. The van der Waals surface area contributed by atoms with Crippen molar-refractivity contribution in [3.8, 4) is 35.2 Å². The minimum Gasteiger partial charge on any atom is -0.497 e. The molecule has 0 spiro atoms. The third kappa shape index (κ3) is 6.46. The van der Waals surface area contributed by atoms with Crippen molar-refractivity contribution in [3.05, 3.63) is 95.1 Å². The summed E-state index contributed by atoms with van der Waals surface area (Å²) in [4.78, 5) is 25.6. The number of rotatable bonds is 6. The van der Waals surface area contributed by atoms with Gasteiger partial charge in [-0.1, -0.05) is 47.9 Å². The molecule has 3 rings (SSSR count). The van der Waals surface area contributed by atoms with Gasteiger partial charge in [0.05, 0.1) is 28.4 Å². The van der Waals surface area contributed by atoms with Gasteiger partial charge < -0.3 is 18.9 Å². The number of ether oxygens (including phenoxy) is 4. The SMILES string of the molecule is COC(=O)C(C#Cc1ccc(OC)cc1)c1ccccc1C(C#Cc1ccc(OC)cc1)C(=O)OC. The Morgan fingerprint density at radius 2 is 0.944 bits per heavy atom. The van der Waals surface area contributed by atoms with Gasteiger partial charge in [-0.05, 0) is 59.7 Å². The highest BCUT2D eigenvalue weighted by Gasteiger charge is 2.28. The van der Waals surface area contributed by atoms with E-state index in [0.717, 1.165) is 0 Å². The molecular weight excluding hydrogens is 456 g/mol. The van der Waals surface area contributed by atoms with Gasteiger partial charge in [-0.15, -0.1) is 0 Å². The summed E-state index contributed by atoms with van der Waals surface area (Å²) in [7, 11) is 5.77. The Labute approximate surface area is 211 Å². The first-order valence-electron chi connectivity index (χ1n) is 11.1. The van der Waals surface area contributed by atoms with Crippen LogP contribution in [0.4, 0.5) is 0 Å². The van der Waals surface area contributed by atoms with Gasteiger partial charge in [0.2, 0.25) is 0 Å². The quantitative estimate of drug-likeness (QED) is 0.385. The predicted octanol–water partition coefficient (Wildman–Crippen LogP) is 4.32. The molecule has 182 valence electrons. The van der Waals surface area contributed by atoms with Crippen LogP contribution in [-0.2, 0) is 19.1 Å². The van der Waals surface area contributed by atoms with E-state index in [1.807, 2.05) is 0 Å². The van der Waals surface area contributed by atoms with E-state index < -0.39 is 23.8 Å². The molecule has 0 bridgehead atoms. The molecule has 0 fully saturated rings. The summed E-state index contributed by atoms with van der Waals surface area (Å²) < 4.78 is 20.4. The summed E-state index contributed by atoms with van der Waals surface area (Å²) in [5.74, 6) is 10.5. The molecule has 6 heteroatoms. The summed E-state index contributed by atoms with van der Waals surface area (Å²) in [6, 6.07) is 21.3. The van der Waals surface area contributed by atoms with E-state index in [0.29, 0.717) is 33.8 Å². The Bertz CT molecular complexity index is 1210. The minimum absolute atomic E-state index is 0.518. The topological polar surface area (TPSA) is 71.1 Å². The van der Waals surface area contributed by atoms with E-state index in [4.69, 9.17) is 18.9 Å². The smallest absolute Gasteiger partial charge is 0.325 e. The Balaban J connectivity index is 2.05. The minimum atomic E-state index is -0.941. The molecule has 36 heavy (non-hydrogen) atoms. The molecule has 0 N–H and O–H groups in total. The van der Waals surface area contributed by atoms with Gasteiger partial charge in [0.1, 0.15) is 23.3 Å². The zero-order valence-electron chi connectivity index (χ0n) is 20.5. The number of carbonyl (C=O) groups is 2. The first-order chi connectivity index (χ1) is 17.5. The first-order valence-corrected chi connectivity index (χ1v) is 11.1. The molecule has 0 aromatic heterocycles. The van der Waals surface area contributed by atoms with Gasteiger partial charge >= 0.3 is 11.9 Å². The van der Waals surface area contributed by atoms with Crippen molar-refractivity contribution in [3.63, 3.8) is 0 Å². The number of hydrogen-bond donors (Lipinski definition) is 0. The predicted molar refractivity (Wildman–Crippen MR) is 136 cm³/mol. The van der Waals surface area contributed by atoms with Gasteiger partial charge in [-0.2, -0.15) is 0 Å². The van der Waals surface area contributed by atoms with Gasteiger partial charge in [-0.25, -0.2) is 0 Å². The van der Waals surface area contributed by atoms with Crippen LogP contribution in [0.25, 0.3) is 0 Å². The molecule has 0 saturated carbocycles. The van der Waals surface area contributed by atoms with E-state index in [2.05, 4.69) is 23.7 Å². The maximum absolute atomic E-state index is 12.8. The van der Waals surface area contributed by atoms with Crippen LogP contribution in [-0.4, -0.2) is 40.4 Å². The Hall–Kier alpha value is -4.68. The fourth-order valence-corrected chi connectivity index (χ4v) is 3.46. The molecule has 0 saturated heterocycles. The Morgan fingerprint density at radius 1 is 0.583 bits per heavy atom. The van der Waals surface area contributed by atoms with Crippen LogP contribution in [0.2, 0.25) is 0 Å². The second-order valence-electron chi connectivity index (χ2n) is 7.54.